The van der Waals surface area contributed by atoms with Gasteiger partial charge in [-0.05, 0) is 37.4 Å². The van der Waals surface area contributed by atoms with E-state index < -0.39 is 0 Å². The van der Waals surface area contributed by atoms with Gasteiger partial charge in [-0.25, -0.2) is 0 Å². The van der Waals surface area contributed by atoms with E-state index in [-0.39, 0.29) is 0 Å². The summed E-state index contributed by atoms with van der Waals surface area (Å²) in [5, 5.41) is 13.2. The third kappa shape index (κ3) is 7.70. The van der Waals surface area contributed by atoms with Crippen molar-refractivity contribution in [3.63, 3.8) is 0 Å². The van der Waals surface area contributed by atoms with Gasteiger partial charge in [0.2, 0.25) is 0 Å². The van der Waals surface area contributed by atoms with Crippen molar-refractivity contribution in [2.75, 3.05) is 46.7 Å². The second-order valence-electron chi connectivity index (χ2n) is 7.62. The van der Waals surface area contributed by atoms with Crippen LogP contribution in [-0.4, -0.2) is 72.3 Å². The standard InChI is InChI=1S/C19H36N6OS/c1-15(2)13-25-17(22-23-19(25)27-5)7-6-10-21-18(20-3)24(4)11-12-26-14-16-8-9-16/h15-16H,6-14H2,1-5H3,(H,20,21). The highest BCUT2D eigenvalue weighted by molar-refractivity contribution is 7.98. The van der Waals surface area contributed by atoms with Crippen LogP contribution in [0.25, 0.3) is 0 Å². The van der Waals surface area contributed by atoms with Gasteiger partial charge in [0, 0.05) is 46.8 Å². The van der Waals surface area contributed by atoms with Crippen LogP contribution in [0.2, 0.25) is 0 Å². The Balaban J connectivity index is 1.70. The first-order valence-corrected chi connectivity index (χ1v) is 11.2. The van der Waals surface area contributed by atoms with Crippen LogP contribution in [0.5, 0.6) is 0 Å². The number of nitrogens with one attached hydrogen (secondary N) is 1. The van der Waals surface area contributed by atoms with Crippen LogP contribution in [0.15, 0.2) is 10.1 Å². The van der Waals surface area contributed by atoms with E-state index in [0.29, 0.717) is 5.92 Å². The quantitative estimate of drug-likeness (QED) is 0.253. The van der Waals surface area contributed by atoms with E-state index >= 15 is 0 Å². The number of guanidine groups is 1. The monoisotopic (exact) mass is 396 g/mol. The minimum absolute atomic E-state index is 0.582. The van der Waals surface area contributed by atoms with Gasteiger partial charge in [-0.3, -0.25) is 4.99 Å². The Morgan fingerprint density at radius 3 is 2.81 bits per heavy atom. The number of aliphatic imine (C=N–C) groups is 1. The molecule has 1 saturated carbocycles. The number of thioether (sulfide) groups is 1. The number of nitrogens with zero attached hydrogens (tertiary/aromatic N) is 5. The average Bonchev–Trinajstić information content (AvgIpc) is 3.39. The summed E-state index contributed by atoms with van der Waals surface area (Å²) in [6.45, 7) is 8.80. The van der Waals surface area contributed by atoms with E-state index in [1.165, 1.54) is 12.8 Å². The summed E-state index contributed by atoms with van der Waals surface area (Å²) in [5.74, 6) is 3.39. The number of likely N-dealkylation sites (N-methyl/N-ethyl adjacent to an activating group) is 1. The van der Waals surface area contributed by atoms with Crippen LogP contribution >= 0.6 is 11.8 Å². The van der Waals surface area contributed by atoms with E-state index in [4.69, 9.17) is 4.74 Å². The maximum Gasteiger partial charge on any atom is 0.193 e. The fourth-order valence-electron chi connectivity index (χ4n) is 2.88. The van der Waals surface area contributed by atoms with Crippen molar-refractivity contribution in [1.82, 2.24) is 25.0 Å². The fraction of sp³-hybridized carbons (Fsp3) is 0.842. The number of ether oxygens (including phenoxy) is 1. The number of aryl methyl sites for hydroxylation is 1. The van der Waals surface area contributed by atoms with Crippen molar-refractivity contribution in [2.24, 2.45) is 16.8 Å². The van der Waals surface area contributed by atoms with E-state index in [2.05, 4.69) is 57.1 Å². The molecule has 0 saturated heterocycles. The molecule has 2 rings (SSSR count). The summed E-state index contributed by atoms with van der Waals surface area (Å²) < 4.78 is 7.98. The summed E-state index contributed by atoms with van der Waals surface area (Å²) in [6.07, 6.45) is 6.64. The van der Waals surface area contributed by atoms with Gasteiger partial charge in [0.25, 0.3) is 0 Å². The number of aromatic nitrogens is 3. The molecule has 0 unspecified atom stereocenters. The first-order valence-electron chi connectivity index (χ1n) is 10.0. The van der Waals surface area contributed by atoms with Gasteiger partial charge in [-0.15, -0.1) is 10.2 Å². The summed E-state index contributed by atoms with van der Waals surface area (Å²) in [4.78, 5) is 6.50. The normalized spacial score (nSPS) is 14.8. The van der Waals surface area contributed by atoms with Gasteiger partial charge in [-0.1, -0.05) is 25.6 Å². The van der Waals surface area contributed by atoms with Crippen LogP contribution in [0.3, 0.4) is 0 Å². The zero-order valence-corrected chi connectivity index (χ0v) is 18.4. The minimum Gasteiger partial charge on any atom is -0.379 e. The second-order valence-corrected chi connectivity index (χ2v) is 8.40. The Hall–Kier alpha value is -1.28. The molecule has 7 nitrogen and oxygen atoms in total. The van der Waals surface area contributed by atoms with Gasteiger partial charge < -0.3 is 19.5 Å². The first kappa shape index (κ1) is 22.0. The average molecular weight is 397 g/mol. The fourth-order valence-corrected chi connectivity index (χ4v) is 3.40. The molecule has 1 aliphatic rings. The highest BCUT2D eigenvalue weighted by atomic mass is 32.2. The molecule has 0 radical (unpaired) electrons. The molecule has 154 valence electrons. The van der Waals surface area contributed by atoms with Crippen LogP contribution in [0.4, 0.5) is 0 Å². The van der Waals surface area contributed by atoms with Crippen LogP contribution < -0.4 is 5.32 Å². The first-order chi connectivity index (χ1) is 13.0. The molecule has 1 aromatic rings. The largest absolute Gasteiger partial charge is 0.379 e. The van der Waals surface area contributed by atoms with Crippen LogP contribution in [0, 0.1) is 11.8 Å². The lowest BCUT2D eigenvalue weighted by atomic mass is 10.2. The molecule has 0 amide bonds. The number of rotatable bonds is 12. The summed E-state index contributed by atoms with van der Waals surface area (Å²) in [6, 6.07) is 0. The minimum atomic E-state index is 0.582. The predicted octanol–water partition coefficient (Wildman–Crippen LogP) is 2.52. The highest BCUT2D eigenvalue weighted by Crippen LogP contribution is 2.28. The molecule has 1 heterocycles. The molecule has 8 heteroatoms. The van der Waals surface area contributed by atoms with Crippen molar-refractivity contribution in [1.29, 1.82) is 0 Å². The molecule has 0 aliphatic heterocycles. The molecule has 1 aliphatic carbocycles. The molecule has 0 aromatic carbocycles. The van der Waals surface area contributed by atoms with Gasteiger partial charge in [0.15, 0.2) is 11.1 Å². The SMILES string of the molecule is CN=C(NCCCc1nnc(SC)n1CC(C)C)N(C)CCOCC1CC1. The van der Waals surface area contributed by atoms with E-state index in [1.807, 2.05) is 7.05 Å². The topological polar surface area (TPSA) is 67.6 Å². The lowest BCUT2D eigenvalue weighted by Crippen LogP contribution is -2.41. The molecule has 1 fully saturated rings. The van der Waals surface area contributed by atoms with E-state index in [0.717, 1.165) is 68.5 Å². The number of hydrogen-bond acceptors (Lipinski definition) is 5. The third-order valence-electron chi connectivity index (χ3n) is 4.58. The number of hydrogen-bond donors (Lipinski definition) is 1. The highest BCUT2D eigenvalue weighted by Gasteiger charge is 2.21. The zero-order valence-electron chi connectivity index (χ0n) is 17.6. The smallest absolute Gasteiger partial charge is 0.193 e. The van der Waals surface area contributed by atoms with Crippen LogP contribution in [0.1, 0.15) is 38.9 Å². The van der Waals surface area contributed by atoms with Gasteiger partial charge in [0.05, 0.1) is 6.61 Å². The maximum atomic E-state index is 5.72. The molecule has 27 heavy (non-hydrogen) atoms. The van der Waals surface area contributed by atoms with E-state index in [1.54, 1.807) is 11.8 Å². The second kappa shape index (κ2) is 11.5. The van der Waals surface area contributed by atoms with Gasteiger partial charge >= 0.3 is 0 Å². The summed E-state index contributed by atoms with van der Waals surface area (Å²) >= 11 is 1.66. The molecule has 0 spiro atoms. The van der Waals surface area contributed by atoms with E-state index in [9.17, 15) is 0 Å². The Morgan fingerprint density at radius 1 is 1.41 bits per heavy atom. The van der Waals surface area contributed by atoms with Crippen LogP contribution in [-0.2, 0) is 17.7 Å². The summed E-state index contributed by atoms with van der Waals surface area (Å²) in [7, 11) is 3.88. The Kier molecular flexibility index (Phi) is 9.41. The van der Waals surface area contributed by atoms with Crippen molar-refractivity contribution >= 4 is 17.7 Å². The van der Waals surface area contributed by atoms with Gasteiger partial charge in [0.1, 0.15) is 5.82 Å². The Labute approximate surface area is 168 Å². The van der Waals surface area contributed by atoms with Gasteiger partial charge in [-0.2, -0.15) is 0 Å². The third-order valence-corrected chi connectivity index (χ3v) is 5.25. The Bertz CT molecular complexity index is 585. The molecule has 1 aromatic heterocycles. The van der Waals surface area contributed by atoms with Crippen molar-refractivity contribution in [2.45, 2.75) is 51.2 Å². The predicted molar refractivity (Wildman–Crippen MR) is 112 cm³/mol. The zero-order chi connectivity index (χ0) is 19.6. The molecule has 1 N–H and O–H groups in total. The summed E-state index contributed by atoms with van der Waals surface area (Å²) in [5.41, 5.74) is 0. The van der Waals surface area contributed by atoms with Crippen molar-refractivity contribution in [3.05, 3.63) is 5.82 Å². The van der Waals surface area contributed by atoms with Crippen molar-refractivity contribution < 1.29 is 4.74 Å². The lowest BCUT2D eigenvalue weighted by molar-refractivity contribution is 0.115. The Morgan fingerprint density at radius 2 is 2.19 bits per heavy atom. The molecular formula is C19H36N6OS. The molecule has 0 bridgehead atoms. The lowest BCUT2D eigenvalue weighted by Gasteiger charge is -2.22. The van der Waals surface area contributed by atoms with Crippen molar-refractivity contribution in [3.8, 4) is 0 Å². The maximum absolute atomic E-state index is 5.72. The molecular weight excluding hydrogens is 360 g/mol. The molecule has 0 atom stereocenters.